The number of hydrogen-bond acceptors (Lipinski definition) is 2. The summed E-state index contributed by atoms with van der Waals surface area (Å²) in [7, 11) is 0. The van der Waals surface area contributed by atoms with Crippen LogP contribution in [0.5, 0.6) is 0 Å². The van der Waals surface area contributed by atoms with Crippen LogP contribution < -0.4 is 0 Å². The molecular weight excluding hydrogens is 282 g/mol. The van der Waals surface area contributed by atoms with Gasteiger partial charge in [0.1, 0.15) is 0 Å². The first-order valence-electron chi connectivity index (χ1n) is 5.81. The first kappa shape index (κ1) is 11.0. The lowest BCUT2D eigenvalue weighted by Gasteiger charge is -2.36. The predicted octanol–water partition coefficient (Wildman–Crippen LogP) is 2.79. The highest BCUT2D eigenvalue weighted by molar-refractivity contribution is 9.08. The Balaban J connectivity index is 2.26. The molecule has 1 aromatic carbocycles. The number of carbonyl (C=O) groups excluding carboxylic acids is 2. The molecule has 1 aromatic rings. The van der Waals surface area contributed by atoms with E-state index in [1.165, 1.54) is 0 Å². The summed E-state index contributed by atoms with van der Waals surface area (Å²) in [6.45, 7) is 0. The number of imide groups is 1. The number of amides is 2. The zero-order valence-electron chi connectivity index (χ0n) is 9.28. The Kier molecular flexibility index (Phi) is 2.36. The van der Waals surface area contributed by atoms with Crippen LogP contribution in [0.25, 0.3) is 0 Å². The molecule has 0 atom stereocenters. The summed E-state index contributed by atoms with van der Waals surface area (Å²) in [6.07, 6.45) is 3.79. The lowest BCUT2D eigenvalue weighted by molar-refractivity contribution is -0.130. The second-order valence-corrected chi connectivity index (χ2v) is 5.44. The standard InChI is InChI=1S/C13H12BrNO2/c14-15-11(16)9-5-1-2-6-10(9)13(12(15)17)7-3-4-8-13/h1-2,5-6H,3-4,7-8H2. The molecule has 1 fully saturated rings. The van der Waals surface area contributed by atoms with Crippen molar-refractivity contribution in [2.75, 3.05) is 0 Å². The topological polar surface area (TPSA) is 37.4 Å². The van der Waals surface area contributed by atoms with E-state index >= 15 is 0 Å². The Morgan fingerprint density at radius 2 is 1.76 bits per heavy atom. The first-order valence-corrected chi connectivity index (χ1v) is 6.52. The molecule has 0 bridgehead atoms. The van der Waals surface area contributed by atoms with Crippen molar-refractivity contribution in [1.29, 1.82) is 0 Å². The van der Waals surface area contributed by atoms with Crippen molar-refractivity contribution in [3.63, 3.8) is 0 Å². The van der Waals surface area contributed by atoms with Gasteiger partial charge in [0.2, 0.25) is 5.91 Å². The number of carbonyl (C=O) groups is 2. The van der Waals surface area contributed by atoms with Crippen molar-refractivity contribution in [2.24, 2.45) is 0 Å². The largest absolute Gasteiger partial charge is 0.272 e. The first-order chi connectivity index (χ1) is 8.17. The van der Waals surface area contributed by atoms with Gasteiger partial charge in [-0.25, -0.2) is 3.93 Å². The van der Waals surface area contributed by atoms with Gasteiger partial charge in [0.15, 0.2) is 0 Å². The van der Waals surface area contributed by atoms with Gasteiger partial charge in [0, 0.05) is 5.56 Å². The van der Waals surface area contributed by atoms with Gasteiger partial charge in [-0.2, -0.15) is 0 Å². The second kappa shape index (κ2) is 3.67. The summed E-state index contributed by atoms with van der Waals surface area (Å²) < 4.78 is 1.11. The molecule has 3 nitrogen and oxygen atoms in total. The summed E-state index contributed by atoms with van der Waals surface area (Å²) in [5, 5.41) is 0. The SMILES string of the molecule is O=C1c2ccccc2C2(CCCC2)C(=O)N1Br. The van der Waals surface area contributed by atoms with Crippen molar-refractivity contribution < 1.29 is 9.59 Å². The van der Waals surface area contributed by atoms with E-state index in [1.54, 1.807) is 6.07 Å². The molecule has 0 saturated heterocycles. The summed E-state index contributed by atoms with van der Waals surface area (Å²) in [5.41, 5.74) is 1.11. The van der Waals surface area contributed by atoms with Crippen LogP contribution in [-0.2, 0) is 10.2 Å². The minimum absolute atomic E-state index is 0.0984. The van der Waals surface area contributed by atoms with E-state index in [0.29, 0.717) is 5.56 Å². The molecule has 0 unspecified atom stereocenters. The lowest BCUT2D eigenvalue weighted by atomic mass is 9.73. The van der Waals surface area contributed by atoms with Crippen molar-refractivity contribution in [1.82, 2.24) is 3.93 Å². The number of halogens is 1. The number of benzene rings is 1. The van der Waals surface area contributed by atoms with Gasteiger partial charge in [0.25, 0.3) is 5.91 Å². The Bertz CT molecular complexity index is 506. The fraction of sp³-hybridized carbons (Fsp3) is 0.385. The van der Waals surface area contributed by atoms with Crippen molar-refractivity contribution in [3.05, 3.63) is 35.4 Å². The van der Waals surface area contributed by atoms with E-state index < -0.39 is 5.41 Å². The maximum Gasteiger partial charge on any atom is 0.271 e. The van der Waals surface area contributed by atoms with E-state index in [1.807, 2.05) is 18.2 Å². The second-order valence-electron chi connectivity index (χ2n) is 4.73. The van der Waals surface area contributed by atoms with Gasteiger partial charge in [0.05, 0.1) is 21.6 Å². The highest BCUT2D eigenvalue weighted by atomic mass is 79.9. The van der Waals surface area contributed by atoms with Crippen LogP contribution in [0.4, 0.5) is 0 Å². The summed E-state index contributed by atoms with van der Waals surface area (Å²) in [4.78, 5) is 24.4. The maximum absolute atomic E-state index is 12.4. The molecule has 3 rings (SSSR count). The molecule has 1 heterocycles. The van der Waals surface area contributed by atoms with Crippen molar-refractivity contribution in [2.45, 2.75) is 31.1 Å². The Morgan fingerprint density at radius 3 is 2.47 bits per heavy atom. The Morgan fingerprint density at radius 1 is 1.12 bits per heavy atom. The van der Waals surface area contributed by atoms with Gasteiger partial charge in [-0.3, -0.25) is 9.59 Å². The highest BCUT2D eigenvalue weighted by Crippen LogP contribution is 2.47. The molecule has 88 valence electrons. The van der Waals surface area contributed by atoms with E-state index in [0.717, 1.165) is 35.2 Å². The monoisotopic (exact) mass is 293 g/mol. The van der Waals surface area contributed by atoms with Crippen LogP contribution >= 0.6 is 16.1 Å². The van der Waals surface area contributed by atoms with Crippen molar-refractivity contribution in [3.8, 4) is 0 Å². The minimum atomic E-state index is -0.464. The molecule has 17 heavy (non-hydrogen) atoms. The smallest absolute Gasteiger partial charge is 0.271 e. The van der Waals surface area contributed by atoms with E-state index in [2.05, 4.69) is 16.1 Å². The fourth-order valence-electron chi connectivity index (χ4n) is 3.05. The fourth-order valence-corrected chi connectivity index (χ4v) is 3.58. The molecule has 0 radical (unpaired) electrons. The number of hydrogen-bond donors (Lipinski definition) is 0. The number of nitrogens with zero attached hydrogens (tertiary/aromatic N) is 1. The molecule has 0 N–H and O–H groups in total. The zero-order chi connectivity index (χ0) is 12.0. The summed E-state index contributed by atoms with van der Waals surface area (Å²) >= 11 is 3.11. The van der Waals surface area contributed by atoms with Crippen LogP contribution in [0.3, 0.4) is 0 Å². The minimum Gasteiger partial charge on any atom is -0.272 e. The van der Waals surface area contributed by atoms with Crippen LogP contribution in [0.2, 0.25) is 0 Å². The average molecular weight is 294 g/mol. The third kappa shape index (κ3) is 1.33. The third-order valence-electron chi connectivity index (χ3n) is 3.90. The normalized spacial score (nSPS) is 22.1. The molecule has 1 aliphatic carbocycles. The molecule has 1 spiro atoms. The predicted molar refractivity (Wildman–Crippen MR) is 66.7 cm³/mol. The average Bonchev–Trinajstić information content (AvgIpc) is 2.85. The number of fused-ring (bicyclic) bond motifs is 2. The quantitative estimate of drug-likeness (QED) is 0.545. The Hall–Kier alpha value is -1.16. The van der Waals surface area contributed by atoms with Gasteiger partial charge >= 0.3 is 0 Å². The van der Waals surface area contributed by atoms with Gasteiger partial charge in [-0.15, -0.1) is 0 Å². The van der Waals surface area contributed by atoms with Crippen LogP contribution in [0.15, 0.2) is 24.3 Å². The molecule has 4 heteroatoms. The maximum atomic E-state index is 12.4. The molecular formula is C13H12BrNO2. The van der Waals surface area contributed by atoms with E-state index in [-0.39, 0.29) is 11.8 Å². The summed E-state index contributed by atoms with van der Waals surface area (Å²) in [6, 6.07) is 7.48. The highest BCUT2D eigenvalue weighted by Gasteiger charge is 2.51. The van der Waals surface area contributed by atoms with Crippen molar-refractivity contribution >= 4 is 28.0 Å². The lowest BCUT2D eigenvalue weighted by Crippen LogP contribution is -2.48. The van der Waals surface area contributed by atoms with Crippen LogP contribution in [-0.4, -0.2) is 15.7 Å². The zero-order valence-corrected chi connectivity index (χ0v) is 10.9. The molecule has 1 aliphatic heterocycles. The van der Waals surface area contributed by atoms with Gasteiger partial charge in [-0.05, 0) is 24.5 Å². The van der Waals surface area contributed by atoms with Gasteiger partial charge in [-0.1, -0.05) is 31.0 Å². The number of rotatable bonds is 0. The molecule has 1 saturated carbocycles. The summed E-state index contributed by atoms with van der Waals surface area (Å²) in [5.74, 6) is -0.346. The Labute approximate surface area is 108 Å². The molecule has 0 aromatic heterocycles. The van der Waals surface area contributed by atoms with E-state index in [9.17, 15) is 9.59 Å². The van der Waals surface area contributed by atoms with E-state index in [4.69, 9.17) is 0 Å². The molecule has 2 amide bonds. The van der Waals surface area contributed by atoms with Gasteiger partial charge < -0.3 is 0 Å². The van der Waals surface area contributed by atoms with Crippen LogP contribution in [0.1, 0.15) is 41.6 Å². The third-order valence-corrected chi connectivity index (χ3v) is 4.54. The van der Waals surface area contributed by atoms with Crippen LogP contribution in [0, 0.1) is 0 Å². The molecule has 2 aliphatic rings.